The van der Waals surface area contributed by atoms with Crippen LogP contribution in [0, 0.1) is 0 Å². The average Bonchev–Trinajstić information content (AvgIpc) is 0. The van der Waals surface area contributed by atoms with Gasteiger partial charge in [0.05, 0.1) is 0 Å². The Morgan fingerprint density at radius 1 is 1.00 bits per heavy atom. The van der Waals surface area contributed by atoms with Gasteiger partial charge in [-0.15, -0.1) is 0 Å². The third kappa shape index (κ3) is 8.93. The van der Waals surface area contributed by atoms with Gasteiger partial charge in [-0.1, -0.05) is 0 Å². The molecule has 0 aliphatic rings. The molecule has 0 saturated heterocycles. The largest absolute Gasteiger partial charge is 0 e. The second-order valence-electron chi connectivity index (χ2n) is 0. The first-order chi connectivity index (χ1) is 0. The molecule has 0 rings (SSSR count). The molecule has 0 amide bonds. The maximum absolute atomic E-state index is 0. The van der Waals surface area contributed by atoms with E-state index >= 15 is 0 Å². The van der Waals surface area contributed by atoms with Crippen LogP contribution in [-0.2, 0) is 70.3 Å². The molecule has 0 aliphatic carbocycles. The second-order valence-corrected chi connectivity index (χ2v) is 0. The van der Waals surface area contributed by atoms with E-state index in [0.29, 0.717) is 0 Å². The zero-order chi connectivity index (χ0) is 0. The first kappa shape index (κ1) is 27.3. The van der Waals surface area contributed by atoms with E-state index in [1.165, 1.54) is 0 Å². The van der Waals surface area contributed by atoms with Gasteiger partial charge in [0.15, 0.2) is 0 Å². The third-order valence-electron chi connectivity index (χ3n) is 0. The summed E-state index contributed by atoms with van der Waals surface area (Å²) in [6.07, 6.45) is 0. The van der Waals surface area contributed by atoms with Gasteiger partial charge >= 0.3 is 0 Å². The molecular formula is NbSnTiZr. The van der Waals surface area contributed by atoms with E-state index in [9.17, 15) is 0 Å². The molecule has 0 spiro atoms. The minimum Gasteiger partial charge on any atom is 0 e. The molecule has 0 atom stereocenters. The van der Waals surface area contributed by atoms with E-state index < -0.39 is 0 Å². The normalized spacial score (nSPS) is 0. The number of hydrogen-bond acceptors (Lipinski definition) is 0. The Bertz CT molecular complexity index is 8.00. The summed E-state index contributed by atoms with van der Waals surface area (Å²) in [4.78, 5) is 0. The minimum atomic E-state index is 0. The van der Waals surface area contributed by atoms with Crippen molar-refractivity contribution in [3.05, 3.63) is 0 Å². The summed E-state index contributed by atoms with van der Waals surface area (Å²) in [5.74, 6) is 0. The van der Waals surface area contributed by atoms with Crippen molar-refractivity contribution in [1.82, 2.24) is 0 Å². The molecule has 5 radical (unpaired) electrons. The van der Waals surface area contributed by atoms with E-state index in [4.69, 9.17) is 0 Å². The SMILES string of the molecule is [Nb].[Sn].[Ti].[Zr]. The number of hydrogen-bond donors (Lipinski definition) is 0. The van der Waals surface area contributed by atoms with Gasteiger partial charge in [0.25, 0.3) is 0 Å². The second kappa shape index (κ2) is 16.5. The van der Waals surface area contributed by atoms with E-state index in [0.717, 1.165) is 0 Å². The van der Waals surface area contributed by atoms with Crippen LogP contribution < -0.4 is 0 Å². The Morgan fingerprint density at radius 3 is 1.00 bits per heavy atom. The fraction of sp³-hybridized carbons (Fsp3) is 0. The molecule has 0 nitrogen and oxygen atoms in total. The molecular weight excluding hydrogens is 351 g/mol. The first-order valence-electron chi connectivity index (χ1n) is 0. The van der Waals surface area contributed by atoms with Crippen molar-refractivity contribution in [2.75, 3.05) is 0 Å². The van der Waals surface area contributed by atoms with E-state index in [-0.39, 0.29) is 94.2 Å². The fourth-order valence-electron chi connectivity index (χ4n) is 0. The zero-order valence-corrected chi connectivity index (χ0v) is 11.0. The van der Waals surface area contributed by atoms with Crippen LogP contribution in [-0.4, -0.2) is 23.9 Å². The molecule has 0 unspecified atom stereocenters. The van der Waals surface area contributed by atoms with Gasteiger partial charge in [0.1, 0.15) is 0 Å². The maximum Gasteiger partial charge on any atom is 0 e. The molecule has 0 aliphatic heterocycles. The van der Waals surface area contributed by atoms with Crippen molar-refractivity contribution in [1.29, 1.82) is 0 Å². The molecule has 0 saturated carbocycles. The molecule has 0 heterocycles. The van der Waals surface area contributed by atoms with Crippen LogP contribution in [0.3, 0.4) is 0 Å². The molecule has 0 aromatic rings. The Hall–Kier alpha value is 3.14. The maximum atomic E-state index is 0. The van der Waals surface area contributed by atoms with Crippen molar-refractivity contribution in [3.63, 3.8) is 0 Å². The zero-order valence-electron chi connectivity index (χ0n) is 1.95. The summed E-state index contributed by atoms with van der Waals surface area (Å²) in [5, 5.41) is 0. The van der Waals surface area contributed by atoms with Gasteiger partial charge < -0.3 is 0 Å². The average molecular weight is 351 g/mol. The van der Waals surface area contributed by atoms with Crippen LogP contribution in [0.4, 0.5) is 0 Å². The smallest absolute Gasteiger partial charge is 0 e. The van der Waals surface area contributed by atoms with Gasteiger partial charge in [0, 0.05) is 94.2 Å². The molecule has 0 bridgehead atoms. The predicted molar refractivity (Wildman–Crippen MR) is 5.75 cm³/mol. The number of rotatable bonds is 0. The fourth-order valence-corrected chi connectivity index (χ4v) is 0. The van der Waals surface area contributed by atoms with Gasteiger partial charge in [-0.3, -0.25) is 0 Å². The topological polar surface area (TPSA) is 0 Å². The standard InChI is InChI=1S/Nb.Sn.Ti.Zr. The summed E-state index contributed by atoms with van der Waals surface area (Å²) in [7, 11) is 0. The molecule has 4 heteroatoms. The minimum absolute atomic E-state index is 0. The van der Waals surface area contributed by atoms with Crippen molar-refractivity contribution in [2.45, 2.75) is 0 Å². The third-order valence-corrected chi connectivity index (χ3v) is 0. The Labute approximate surface area is 92.3 Å². The Morgan fingerprint density at radius 2 is 1.00 bits per heavy atom. The van der Waals surface area contributed by atoms with Crippen molar-refractivity contribution in [2.24, 2.45) is 0 Å². The molecule has 0 N–H and O–H groups in total. The van der Waals surface area contributed by atoms with Gasteiger partial charge in [-0.2, -0.15) is 0 Å². The summed E-state index contributed by atoms with van der Waals surface area (Å²) >= 11 is 0. The molecule has 0 aromatic carbocycles. The predicted octanol–water partition coefficient (Wildman–Crippen LogP) is -0.388. The van der Waals surface area contributed by atoms with Crippen LogP contribution in [0.15, 0.2) is 0 Å². The van der Waals surface area contributed by atoms with E-state index in [2.05, 4.69) is 0 Å². The van der Waals surface area contributed by atoms with Crippen molar-refractivity contribution in [3.8, 4) is 0 Å². The summed E-state index contributed by atoms with van der Waals surface area (Å²) in [5.41, 5.74) is 0. The molecule has 17 valence electrons. The van der Waals surface area contributed by atoms with Crippen LogP contribution in [0.5, 0.6) is 0 Å². The van der Waals surface area contributed by atoms with Gasteiger partial charge in [0.2, 0.25) is 0 Å². The van der Waals surface area contributed by atoms with Gasteiger partial charge in [-0.25, -0.2) is 0 Å². The Balaban J connectivity index is 0. The molecule has 0 fully saturated rings. The Kier molecular flexibility index (Phi) is 112. The van der Waals surface area contributed by atoms with Crippen molar-refractivity contribution >= 4 is 23.9 Å². The van der Waals surface area contributed by atoms with Crippen molar-refractivity contribution < 1.29 is 70.3 Å². The quantitative estimate of drug-likeness (QED) is 0.522. The monoisotopic (exact) mass is 351 g/mol. The first-order valence-corrected chi connectivity index (χ1v) is 0. The van der Waals surface area contributed by atoms with Crippen LogP contribution in [0.25, 0.3) is 0 Å². The summed E-state index contributed by atoms with van der Waals surface area (Å²) < 4.78 is 0. The summed E-state index contributed by atoms with van der Waals surface area (Å²) in [6.45, 7) is 0. The van der Waals surface area contributed by atoms with Crippen LogP contribution in [0.2, 0.25) is 0 Å². The summed E-state index contributed by atoms with van der Waals surface area (Å²) in [6, 6.07) is 0. The molecule has 0 aromatic heterocycles. The van der Waals surface area contributed by atoms with Crippen LogP contribution in [0.1, 0.15) is 0 Å². The van der Waals surface area contributed by atoms with E-state index in [1.807, 2.05) is 0 Å². The molecule has 4 heavy (non-hydrogen) atoms. The van der Waals surface area contributed by atoms with Gasteiger partial charge in [-0.05, 0) is 0 Å². The van der Waals surface area contributed by atoms with Crippen LogP contribution >= 0.6 is 0 Å². The van der Waals surface area contributed by atoms with E-state index in [1.54, 1.807) is 0 Å².